The van der Waals surface area contributed by atoms with E-state index in [9.17, 15) is 0 Å². The van der Waals surface area contributed by atoms with Crippen molar-refractivity contribution in [3.05, 3.63) is 131 Å². The van der Waals surface area contributed by atoms with Crippen LogP contribution in [0.1, 0.15) is 107 Å². The molecule has 0 aliphatic heterocycles. The first-order valence-electron chi connectivity index (χ1n) is 15.3. The summed E-state index contributed by atoms with van der Waals surface area (Å²) in [5, 5.41) is 0. The van der Waals surface area contributed by atoms with E-state index in [0.29, 0.717) is 11.3 Å². The fourth-order valence-electron chi connectivity index (χ4n) is 4.90. The minimum absolute atomic E-state index is 0.313. The second-order valence-electron chi connectivity index (χ2n) is 12.6. The number of rotatable bonds is 14. The van der Waals surface area contributed by atoms with Crippen LogP contribution in [0.5, 0.6) is 0 Å². The van der Waals surface area contributed by atoms with Crippen molar-refractivity contribution < 1.29 is 0 Å². The van der Waals surface area contributed by atoms with Crippen LogP contribution in [-0.2, 0) is 0 Å². The van der Waals surface area contributed by atoms with Gasteiger partial charge >= 0.3 is 0 Å². The lowest BCUT2D eigenvalue weighted by atomic mass is 9.66. The molecule has 1 atom stereocenters. The van der Waals surface area contributed by atoms with Crippen molar-refractivity contribution in [1.82, 2.24) is 0 Å². The van der Waals surface area contributed by atoms with Crippen LogP contribution in [0.4, 0.5) is 0 Å². The van der Waals surface area contributed by atoms with Crippen LogP contribution in [-0.4, -0.2) is 0 Å². The van der Waals surface area contributed by atoms with E-state index in [1.807, 2.05) is 0 Å². The molecule has 0 amide bonds. The summed E-state index contributed by atoms with van der Waals surface area (Å²) < 4.78 is 0. The van der Waals surface area contributed by atoms with Gasteiger partial charge in [-0.15, -0.1) is 0 Å². The summed E-state index contributed by atoms with van der Waals surface area (Å²) in [5.41, 5.74) is 9.76. The van der Waals surface area contributed by atoms with E-state index in [-0.39, 0.29) is 0 Å². The van der Waals surface area contributed by atoms with Crippen molar-refractivity contribution in [3.63, 3.8) is 0 Å². The van der Waals surface area contributed by atoms with Gasteiger partial charge in [0.05, 0.1) is 0 Å². The van der Waals surface area contributed by atoms with Gasteiger partial charge in [0.1, 0.15) is 0 Å². The molecule has 0 aromatic carbocycles. The van der Waals surface area contributed by atoms with Crippen molar-refractivity contribution in [2.24, 2.45) is 11.3 Å². The molecule has 0 nitrogen and oxygen atoms in total. The first-order chi connectivity index (χ1) is 18.9. The van der Waals surface area contributed by atoms with Gasteiger partial charge in [-0.25, -0.2) is 0 Å². The van der Waals surface area contributed by atoms with Crippen molar-refractivity contribution in [2.75, 3.05) is 0 Å². The van der Waals surface area contributed by atoms with E-state index >= 15 is 0 Å². The molecule has 0 spiro atoms. The van der Waals surface area contributed by atoms with Gasteiger partial charge in [0.2, 0.25) is 0 Å². The summed E-state index contributed by atoms with van der Waals surface area (Å²) in [5.74, 6) is 0.478. The van der Waals surface area contributed by atoms with Gasteiger partial charge < -0.3 is 0 Å². The van der Waals surface area contributed by atoms with Gasteiger partial charge in [-0.2, -0.15) is 0 Å². The van der Waals surface area contributed by atoms with Crippen LogP contribution in [0.25, 0.3) is 0 Å². The number of hydrogen-bond donors (Lipinski definition) is 0. The molecule has 0 N–H and O–H groups in total. The van der Waals surface area contributed by atoms with Gasteiger partial charge in [-0.3, -0.25) is 0 Å². The molecule has 1 unspecified atom stereocenters. The smallest absolute Gasteiger partial charge is 0.00285 e. The van der Waals surface area contributed by atoms with Crippen LogP contribution in [0.2, 0.25) is 0 Å². The minimum atomic E-state index is 0.313. The molecular formula is C40H58. The van der Waals surface area contributed by atoms with E-state index in [0.717, 1.165) is 25.7 Å². The van der Waals surface area contributed by atoms with Crippen LogP contribution in [0, 0.1) is 11.3 Å². The molecule has 1 aliphatic rings. The van der Waals surface area contributed by atoms with E-state index in [1.54, 1.807) is 0 Å². The Kier molecular flexibility index (Phi) is 16.9. The summed E-state index contributed by atoms with van der Waals surface area (Å²) in [7, 11) is 0. The first kappa shape index (κ1) is 35.2. The third-order valence-corrected chi connectivity index (χ3v) is 7.56. The zero-order chi connectivity index (χ0) is 30.0. The molecule has 0 aromatic rings. The lowest BCUT2D eigenvalue weighted by molar-refractivity contribution is 0.228. The van der Waals surface area contributed by atoms with Gasteiger partial charge in [0, 0.05) is 5.92 Å². The Hall–Kier alpha value is -2.86. The Morgan fingerprint density at radius 2 is 1.23 bits per heavy atom. The molecule has 1 fully saturated rings. The van der Waals surface area contributed by atoms with Crippen LogP contribution in [0.15, 0.2) is 131 Å². The normalized spacial score (nSPS) is 20.1. The highest BCUT2D eigenvalue weighted by Crippen LogP contribution is 2.43. The average molecular weight is 539 g/mol. The maximum atomic E-state index is 4.34. The first-order valence-corrected chi connectivity index (χ1v) is 15.3. The molecule has 1 saturated carbocycles. The van der Waals surface area contributed by atoms with Gasteiger partial charge in [-0.05, 0) is 98.8 Å². The standard InChI is InChI=1S/C40H58/c1-32(2)18-13-21-35(5)24-15-26-36(6)25-14-22-33(3)19-11-12-20-34(4)23-16-27-37(7)29-30-39-38(8)28-17-31-40(39,9)10/h11-12,14,16,18-20,22-25,27,29-30,39H,8,13,15,17,21,26,28,31H2,1-7,9-10H3/b12-11+,22-14+,23-16+,30-29+,33-19+,34-20+,35-24+,36-25+,37-27+. The molecule has 1 aliphatic carbocycles. The van der Waals surface area contributed by atoms with Gasteiger partial charge in [0.25, 0.3) is 0 Å². The summed E-state index contributed by atoms with van der Waals surface area (Å²) >= 11 is 0. The lowest BCUT2D eigenvalue weighted by Crippen LogP contribution is -2.27. The molecule has 0 aromatic heterocycles. The molecule has 0 bridgehead atoms. The van der Waals surface area contributed by atoms with Crippen LogP contribution < -0.4 is 0 Å². The monoisotopic (exact) mass is 538 g/mol. The minimum Gasteiger partial charge on any atom is -0.0992 e. The number of hydrogen-bond acceptors (Lipinski definition) is 0. The summed E-state index contributed by atoms with van der Waals surface area (Å²) in [4.78, 5) is 0. The molecule has 0 heteroatoms. The second kappa shape index (κ2) is 19.3. The van der Waals surface area contributed by atoms with Gasteiger partial charge in [-0.1, -0.05) is 145 Å². The molecule has 40 heavy (non-hydrogen) atoms. The Morgan fingerprint density at radius 1 is 0.700 bits per heavy atom. The predicted octanol–water partition coefficient (Wildman–Crippen LogP) is 12.9. The maximum absolute atomic E-state index is 4.34. The number of allylic oxidation sites excluding steroid dienone is 21. The molecule has 218 valence electrons. The average Bonchev–Trinajstić information content (AvgIpc) is 2.85. The molecule has 0 radical (unpaired) electrons. The molecule has 0 heterocycles. The highest BCUT2D eigenvalue weighted by atomic mass is 14.4. The molecule has 1 rings (SSSR count). The van der Waals surface area contributed by atoms with Crippen LogP contribution >= 0.6 is 0 Å². The van der Waals surface area contributed by atoms with E-state index in [1.165, 1.54) is 58.3 Å². The van der Waals surface area contributed by atoms with E-state index in [2.05, 4.69) is 154 Å². The topological polar surface area (TPSA) is 0 Å². The Balaban J connectivity index is 2.51. The van der Waals surface area contributed by atoms with Crippen molar-refractivity contribution in [3.8, 4) is 0 Å². The Morgan fingerprint density at radius 3 is 1.82 bits per heavy atom. The van der Waals surface area contributed by atoms with Crippen molar-refractivity contribution in [1.29, 1.82) is 0 Å². The maximum Gasteiger partial charge on any atom is 0.00285 e. The fourth-order valence-corrected chi connectivity index (χ4v) is 4.90. The highest BCUT2D eigenvalue weighted by molar-refractivity contribution is 5.31. The third-order valence-electron chi connectivity index (χ3n) is 7.56. The summed E-state index contributed by atoms with van der Waals surface area (Å²) in [6.45, 7) is 24.3. The lowest BCUT2D eigenvalue weighted by Gasteiger charge is -2.38. The van der Waals surface area contributed by atoms with Crippen LogP contribution in [0.3, 0.4) is 0 Å². The van der Waals surface area contributed by atoms with E-state index in [4.69, 9.17) is 0 Å². The highest BCUT2D eigenvalue weighted by Gasteiger charge is 2.32. The third kappa shape index (κ3) is 16.3. The largest absolute Gasteiger partial charge is 0.0992 e. The molecular weight excluding hydrogens is 480 g/mol. The quantitative estimate of drug-likeness (QED) is 0.152. The summed E-state index contributed by atoms with van der Waals surface area (Å²) in [6.07, 6.45) is 39.2. The Bertz CT molecular complexity index is 1100. The van der Waals surface area contributed by atoms with Crippen molar-refractivity contribution in [2.45, 2.75) is 107 Å². The SMILES string of the molecule is C=C1CCCC(C)(C)C1/C=C/C(C)=C/C=C/C(C)=C/C=C/C=C(C)/C=C/C=C(\C)CC/C=C(\C)CCC=C(C)C. The van der Waals surface area contributed by atoms with Crippen molar-refractivity contribution >= 4 is 0 Å². The van der Waals surface area contributed by atoms with Gasteiger partial charge in [0.15, 0.2) is 0 Å². The fraction of sp³-hybridized carbons (Fsp3) is 0.450. The summed E-state index contributed by atoms with van der Waals surface area (Å²) in [6, 6.07) is 0. The zero-order valence-corrected chi connectivity index (χ0v) is 27.3. The zero-order valence-electron chi connectivity index (χ0n) is 27.3. The van der Waals surface area contributed by atoms with E-state index < -0.39 is 0 Å². The Labute approximate surface area is 248 Å². The molecule has 0 saturated heterocycles. The second-order valence-corrected chi connectivity index (χ2v) is 12.6. The predicted molar refractivity (Wildman–Crippen MR) is 184 cm³/mol.